The van der Waals surface area contributed by atoms with Gasteiger partial charge < -0.3 is 59.8 Å². The van der Waals surface area contributed by atoms with Crippen LogP contribution in [0.5, 0.6) is 0 Å². The molecule has 0 bridgehead atoms. The number of benzene rings is 3. The molecule has 418 valence electrons. The van der Waals surface area contributed by atoms with Crippen molar-refractivity contribution in [3.05, 3.63) is 107 Å². The highest BCUT2D eigenvalue weighted by Gasteiger charge is 2.53. The average molecular weight is 1070 g/mol. The number of aliphatic hydroxyl groups is 6. The largest absolute Gasteiger partial charge is 0.479 e. The Labute approximate surface area is 448 Å². The van der Waals surface area contributed by atoms with Crippen LogP contribution in [0.25, 0.3) is 22.3 Å². The third-order valence-electron chi connectivity index (χ3n) is 15.5. The normalized spacial score (nSPS) is 26.4. The number of ether oxygens (including phenoxy) is 4. The summed E-state index contributed by atoms with van der Waals surface area (Å²) in [5.41, 5.74) is 8.61. The minimum Gasteiger partial charge on any atom is -0.479 e. The molecule has 1 aliphatic carbocycles. The van der Waals surface area contributed by atoms with Crippen LogP contribution in [0.1, 0.15) is 146 Å². The van der Waals surface area contributed by atoms with Crippen LogP contribution in [0.4, 0.5) is 0 Å². The van der Waals surface area contributed by atoms with Crippen molar-refractivity contribution in [2.75, 3.05) is 19.8 Å². The van der Waals surface area contributed by atoms with Gasteiger partial charge >= 0.3 is 11.9 Å². The lowest BCUT2D eigenvalue weighted by atomic mass is 9.69. The summed E-state index contributed by atoms with van der Waals surface area (Å²) in [6, 6.07) is 23.1. The van der Waals surface area contributed by atoms with Crippen LogP contribution in [0, 0.1) is 0 Å². The van der Waals surface area contributed by atoms with Crippen molar-refractivity contribution in [2.24, 2.45) is 0 Å². The van der Waals surface area contributed by atoms with Gasteiger partial charge in [0.15, 0.2) is 18.4 Å². The van der Waals surface area contributed by atoms with Crippen molar-refractivity contribution in [3.8, 4) is 22.3 Å². The number of rotatable bonds is 23. The number of nitrogens with zero attached hydrogens (tertiary/aromatic N) is 6. The molecular weight excluding hydrogens is 993 g/mol. The predicted octanol–water partition coefficient (Wildman–Crippen LogP) is 5.65. The zero-order valence-corrected chi connectivity index (χ0v) is 44.9. The number of hydrogen-bond acceptors (Lipinski definition) is 16. The Morgan fingerprint density at radius 1 is 0.623 bits per heavy atom. The zero-order valence-electron chi connectivity index (χ0n) is 44.9. The van der Waals surface area contributed by atoms with E-state index in [2.05, 4.69) is 123 Å². The smallest absolute Gasteiger partial charge is 0.335 e. The van der Waals surface area contributed by atoms with Gasteiger partial charge in [-0.15, -0.1) is 10.2 Å². The number of carboxylic acid groups (broad SMARTS) is 2. The first-order valence-electron chi connectivity index (χ1n) is 26.8. The summed E-state index contributed by atoms with van der Waals surface area (Å²) < 4.78 is 24.5. The molecule has 77 heavy (non-hydrogen) atoms. The maximum Gasteiger partial charge on any atom is 0.335 e. The van der Waals surface area contributed by atoms with Crippen LogP contribution >= 0.6 is 0 Å². The van der Waals surface area contributed by atoms with Crippen LogP contribution in [0.2, 0.25) is 0 Å². The Kier molecular flexibility index (Phi) is 17.8. The van der Waals surface area contributed by atoms with Crippen molar-refractivity contribution >= 4 is 11.9 Å². The van der Waals surface area contributed by atoms with Gasteiger partial charge in [-0.05, 0) is 87.1 Å². The molecule has 3 aromatic carbocycles. The fraction of sp³-hybridized carbons (Fsp3) is 0.579. The highest BCUT2D eigenvalue weighted by molar-refractivity contribution is 5.84. The van der Waals surface area contributed by atoms with Crippen molar-refractivity contribution in [1.82, 2.24) is 30.0 Å². The van der Waals surface area contributed by atoms with Gasteiger partial charge in [0.05, 0.1) is 25.6 Å². The molecule has 0 amide bonds. The van der Waals surface area contributed by atoms with Gasteiger partial charge in [-0.3, -0.25) is 0 Å². The second-order valence-corrected chi connectivity index (χ2v) is 23.1. The van der Waals surface area contributed by atoms with Crippen LogP contribution in [0.3, 0.4) is 0 Å². The Balaban J connectivity index is 0.912. The summed E-state index contributed by atoms with van der Waals surface area (Å²) >= 11 is 0. The molecule has 2 aliphatic heterocycles. The molecule has 8 N–H and O–H groups in total. The van der Waals surface area contributed by atoms with E-state index in [1.807, 2.05) is 0 Å². The van der Waals surface area contributed by atoms with Gasteiger partial charge in [0.1, 0.15) is 48.5 Å². The molecule has 2 aromatic heterocycles. The number of carbonyl (C=O) groups is 2. The highest BCUT2D eigenvalue weighted by atomic mass is 16.6. The number of carboxylic acids is 2. The summed E-state index contributed by atoms with van der Waals surface area (Å²) in [5.74, 6) is -2.94. The maximum atomic E-state index is 11.6. The average Bonchev–Trinajstić information content (AvgIpc) is 4.36. The molecular formula is C57H76N6O14. The minimum absolute atomic E-state index is 0.0355. The number of unbranched alkanes of at least 4 members (excludes halogenated alkanes) is 6. The summed E-state index contributed by atoms with van der Waals surface area (Å²) in [6.07, 6.45) is -1.58. The van der Waals surface area contributed by atoms with E-state index >= 15 is 0 Å². The highest BCUT2D eigenvalue weighted by Crippen LogP contribution is 2.56. The molecule has 0 saturated carbocycles. The SMILES string of the molecule is CC(C)(C)c1ccc(-c2ccc3c(c2)C(CCCCCCOCc2cn(C4OC(C(=O)O)C(O)C(O)C4O)nn2)(CCCCCCOCc2cn(C4(O)COC(C(=O)O)C(O)C4O)nn2)c2cc(C(C)(C)C)ccc2-3)cc1. The van der Waals surface area contributed by atoms with E-state index in [1.54, 1.807) is 0 Å². The van der Waals surface area contributed by atoms with Crippen LogP contribution < -0.4 is 0 Å². The molecule has 20 nitrogen and oxygen atoms in total. The first kappa shape index (κ1) is 57.6. The maximum absolute atomic E-state index is 11.6. The predicted molar refractivity (Wildman–Crippen MR) is 280 cm³/mol. The van der Waals surface area contributed by atoms with E-state index in [-0.39, 0.29) is 29.5 Å². The number of aliphatic carboxylic acids is 2. The van der Waals surface area contributed by atoms with Gasteiger partial charge in [-0.25, -0.2) is 19.0 Å². The van der Waals surface area contributed by atoms with E-state index in [1.165, 1.54) is 56.9 Å². The van der Waals surface area contributed by atoms with Gasteiger partial charge in [0.2, 0.25) is 5.72 Å². The fourth-order valence-electron chi connectivity index (χ4n) is 10.9. The third-order valence-corrected chi connectivity index (χ3v) is 15.5. The lowest BCUT2D eigenvalue weighted by molar-refractivity contribution is -0.271. The summed E-state index contributed by atoms with van der Waals surface area (Å²) in [5, 5.41) is 97.5. The molecule has 0 spiro atoms. The van der Waals surface area contributed by atoms with Crippen molar-refractivity contribution in [1.29, 1.82) is 0 Å². The van der Waals surface area contributed by atoms with E-state index < -0.39 is 73.2 Å². The van der Waals surface area contributed by atoms with Crippen molar-refractivity contribution in [2.45, 2.75) is 190 Å². The molecule has 20 heteroatoms. The molecule has 8 rings (SSSR count). The van der Waals surface area contributed by atoms with Crippen molar-refractivity contribution in [3.63, 3.8) is 0 Å². The Hall–Kier alpha value is -5.52. The van der Waals surface area contributed by atoms with Gasteiger partial charge in [-0.2, -0.15) is 0 Å². The van der Waals surface area contributed by atoms with Crippen molar-refractivity contribution < 1.29 is 69.4 Å². The van der Waals surface area contributed by atoms with Crippen LogP contribution in [-0.2, 0) is 63.7 Å². The molecule has 10 atom stereocenters. The van der Waals surface area contributed by atoms with Crippen LogP contribution in [-0.4, -0.2) is 145 Å². The summed E-state index contributed by atoms with van der Waals surface area (Å²) in [6.45, 7) is 14.0. The topological polar surface area (TPSA) is 294 Å². The lowest BCUT2D eigenvalue weighted by Crippen LogP contribution is -2.63. The fourth-order valence-corrected chi connectivity index (χ4v) is 10.9. The molecule has 10 unspecified atom stereocenters. The Morgan fingerprint density at radius 2 is 1.16 bits per heavy atom. The first-order valence-corrected chi connectivity index (χ1v) is 26.8. The Bertz CT molecular complexity index is 2810. The quantitative estimate of drug-likeness (QED) is 0.0367. The van der Waals surface area contributed by atoms with Gasteiger partial charge in [0.25, 0.3) is 0 Å². The van der Waals surface area contributed by atoms with Crippen LogP contribution in [0.15, 0.2) is 73.1 Å². The van der Waals surface area contributed by atoms with E-state index in [9.17, 15) is 50.4 Å². The molecule has 4 heterocycles. The molecule has 0 radical (unpaired) electrons. The summed E-state index contributed by atoms with van der Waals surface area (Å²) in [7, 11) is 0. The van der Waals surface area contributed by atoms with E-state index in [4.69, 9.17) is 18.9 Å². The second-order valence-electron chi connectivity index (χ2n) is 23.1. The van der Waals surface area contributed by atoms with E-state index in [0.29, 0.717) is 24.6 Å². The number of hydrogen-bond donors (Lipinski definition) is 8. The van der Waals surface area contributed by atoms with E-state index in [0.717, 1.165) is 73.6 Å². The molecule has 3 aliphatic rings. The first-order chi connectivity index (χ1) is 36.5. The standard InChI is InChI=1S/C57H76N6O14/c1-54(2,3)36-18-15-34(16-19-36)35-17-21-40-41-22-20-37(55(4,5)6)28-43(41)56(42(40)27-35,23-11-7-9-13-25-74-31-38-29-62(60-58-38)51-46(66)44(64)45(65)49(77-51)53(71)72)24-12-8-10-14-26-75-32-39-30-63(61-59-39)57(73)33-76-48(52(69)70)47(67)50(57)68/h15-22,27-30,44-51,64-68,73H,7-14,23-26,31-33H2,1-6H3,(H,69,70)(H,71,72). The lowest BCUT2D eigenvalue weighted by Gasteiger charge is -2.41. The van der Waals surface area contributed by atoms with Gasteiger partial charge in [0, 0.05) is 18.6 Å². The second kappa shape index (κ2) is 23.8. The number of aromatic nitrogens is 6. The third kappa shape index (κ3) is 12.5. The number of aliphatic hydroxyl groups excluding tert-OH is 5. The van der Waals surface area contributed by atoms with Gasteiger partial charge in [-0.1, -0.05) is 145 Å². The number of fused-ring (bicyclic) bond motifs is 3. The zero-order chi connectivity index (χ0) is 55.5. The summed E-state index contributed by atoms with van der Waals surface area (Å²) in [4.78, 5) is 23.0. The Morgan fingerprint density at radius 3 is 1.75 bits per heavy atom. The molecule has 5 aromatic rings. The molecule has 2 fully saturated rings. The molecule has 2 saturated heterocycles. The monoisotopic (exact) mass is 1070 g/mol. The minimum atomic E-state index is -2.22.